The van der Waals surface area contributed by atoms with Crippen LogP contribution in [0.4, 0.5) is 9.18 Å². The van der Waals surface area contributed by atoms with Gasteiger partial charge in [0.2, 0.25) is 11.8 Å². The van der Waals surface area contributed by atoms with Gasteiger partial charge in [-0.15, -0.1) is 0 Å². The van der Waals surface area contributed by atoms with Gasteiger partial charge < -0.3 is 25.8 Å². The smallest absolute Gasteiger partial charge is 0.408 e. The number of likely N-dealkylation sites (tertiary alicyclic amines) is 1. The van der Waals surface area contributed by atoms with E-state index in [9.17, 15) is 23.9 Å². The first-order valence-corrected chi connectivity index (χ1v) is 9.04. The molecule has 1 aromatic carbocycles. The van der Waals surface area contributed by atoms with Gasteiger partial charge in [0.15, 0.2) is 0 Å². The number of phenols is 1. The maximum Gasteiger partial charge on any atom is 0.408 e. The second-order valence-electron chi connectivity index (χ2n) is 7.77. The van der Waals surface area contributed by atoms with Gasteiger partial charge in [-0.25, -0.2) is 9.18 Å². The van der Waals surface area contributed by atoms with E-state index in [1.807, 2.05) is 0 Å². The van der Waals surface area contributed by atoms with Gasteiger partial charge in [-0.1, -0.05) is 6.07 Å². The van der Waals surface area contributed by atoms with Crippen LogP contribution in [0.3, 0.4) is 0 Å². The van der Waals surface area contributed by atoms with E-state index in [2.05, 4.69) is 5.32 Å². The Labute approximate surface area is 162 Å². The average molecular weight is 395 g/mol. The van der Waals surface area contributed by atoms with Crippen molar-refractivity contribution in [2.75, 3.05) is 6.54 Å². The largest absolute Gasteiger partial charge is 0.508 e. The molecule has 4 N–H and O–H groups in total. The van der Waals surface area contributed by atoms with Gasteiger partial charge in [0.25, 0.3) is 0 Å². The molecule has 1 heterocycles. The van der Waals surface area contributed by atoms with Crippen molar-refractivity contribution < 1.29 is 28.6 Å². The van der Waals surface area contributed by atoms with E-state index >= 15 is 0 Å². The van der Waals surface area contributed by atoms with Gasteiger partial charge in [0, 0.05) is 19.0 Å². The summed E-state index contributed by atoms with van der Waals surface area (Å²) < 4.78 is 19.4. The minimum absolute atomic E-state index is 0.127. The SMILES string of the molecule is CC(C)(C)OC(=O)NC(Cc1ccc(O)cc1F)C(=O)N1CCCC1C(N)=O. The second kappa shape index (κ2) is 8.45. The van der Waals surface area contributed by atoms with Gasteiger partial charge in [0.1, 0.15) is 29.3 Å². The molecule has 9 heteroatoms. The molecule has 2 unspecified atom stereocenters. The number of hydrogen-bond acceptors (Lipinski definition) is 5. The monoisotopic (exact) mass is 395 g/mol. The Morgan fingerprint density at radius 1 is 1.39 bits per heavy atom. The van der Waals surface area contributed by atoms with Gasteiger partial charge in [-0.2, -0.15) is 0 Å². The third-order valence-electron chi connectivity index (χ3n) is 4.31. The fourth-order valence-corrected chi connectivity index (χ4v) is 3.10. The normalized spacial score (nSPS) is 17.9. The number of nitrogens with two attached hydrogens (primary N) is 1. The minimum Gasteiger partial charge on any atom is -0.508 e. The van der Waals surface area contributed by atoms with Crippen molar-refractivity contribution in [3.63, 3.8) is 0 Å². The van der Waals surface area contributed by atoms with Crippen molar-refractivity contribution in [2.45, 2.75) is 57.7 Å². The van der Waals surface area contributed by atoms with Crippen LogP contribution in [0.25, 0.3) is 0 Å². The number of amides is 3. The molecular formula is C19H26FN3O5. The number of carbonyl (C=O) groups is 3. The first-order valence-electron chi connectivity index (χ1n) is 9.04. The Hall–Kier alpha value is -2.84. The molecule has 0 bridgehead atoms. The van der Waals surface area contributed by atoms with E-state index < -0.39 is 41.4 Å². The van der Waals surface area contributed by atoms with Crippen LogP contribution >= 0.6 is 0 Å². The standard InChI is InChI=1S/C19H26FN3O5/c1-19(2,3)28-18(27)22-14(9-11-6-7-12(24)10-13(11)20)17(26)23-8-4-5-15(23)16(21)25/h6-7,10,14-15,24H,4-5,8-9H2,1-3H3,(H2,21,25)(H,22,27). The molecule has 1 saturated heterocycles. The zero-order chi connectivity index (χ0) is 21.1. The third-order valence-corrected chi connectivity index (χ3v) is 4.31. The maximum atomic E-state index is 14.2. The number of aromatic hydroxyl groups is 1. The van der Waals surface area contributed by atoms with E-state index in [0.717, 1.165) is 6.07 Å². The number of primary amides is 1. The Balaban J connectivity index is 2.25. The lowest BCUT2D eigenvalue weighted by molar-refractivity contribution is -0.139. The Kier molecular flexibility index (Phi) is 6.48. The van der Waals surface area contributed by atoms with Crippen LogP contribution in [0.2, 0.25) is 0 Å². The number of rotatable bonds is 5. The molecule has 154 valence electrons. The number of benzene rings is 1. The zero-order valence-electron chi connectivity index (χ0n) is 16.2. The number of halogens is 1. The molecule has 3 amide bonds. The summed E-state index contributed by atoms with van der Waals surface area (Å²) in [6.07, 6.45) is 0.0336. The Morgan fingerprint density at radius 2 is 2.07 bits per heavy atom. The molecule has 28 heavy (non-hydrogen) atoms. The number of nitrogens with one attached hydrogen (secondary N) is 1. The summed E-state index contributed by atoms with van der Waals surface area (Å²) in [6, 6.07) is 1.62. The van der Waals surface area contributed by atoms with E-state index in [1.165, 1.54) is 17.0 Å². The summed E-state index contributed by atoms with van der Waals surface area (Å²) in [7, 11) is 0. The van der Waals surface area contributed by atoms with Gasteiger partial charge in [0.05, 0.1) is 0 Å². The van der Waals surface area contributed by atoms with Crippen molar-refractivity contribution in [2.24, 2.45) is 5.73 Å². The highest BCUT2D eigenvalue weighted by molar-refractivity contribution is 5.91. The molecule has 2 atom stereocenters. The molecule has 0 saturated carbocycles. The molecule has 0 aromatic heterocycles. The molecule has 1 aromatic rings. The fraction of sp³-hybridized carbons (Fsp3) is 0.526. The molecule has 2 rings (SSSR count). The number of carbonyl (C=O) groups excluding carboxylic acids is 3. The lowest BCUT2D eigenvalue weighted by Gasteiger charge is -2.29. The Morgan fingerprint density at radius 3 is 2.64 bits per heavy atom. The quantitative estimate of drug-likeness (QED) is 0.696. The highest BCUT2D eigenvalue weighted by Crippen LogP contribution is 2.21. The first kappa shape index (κ1) is 21.5. The number of nitrogens with zero attached hydrogens (tertiary/aromatic N) is 1. The first-order chi connectivity index (χ1) is 13.0. The minimum atomic E-state index is -1.16. The van der Waals surface area contributed by atoms with E-state index in [4.69, 9.17) is 10.5 Å². The van der Waals surface area contributed by atoms with Crippen molar-refractivity contribution in [3.05, 3.63) is 29.6 Å². The van der Waals surface area contributed by atoms with Gasteiger partial charge >= 0.3 is 6.09 Å². The van der Waals surface area contributed by atoms with Crippen LogP contribution in [-0.4, -0.2) is 52.1 Å². The van der Waals surface area contributed by atoms with Crippen molar-refractivity contribution in [3.8, 4) is 5.75 Å². The van der Waals surface area contributed by atoms with Crippen LogP contribution in [0.15, 0.2) is 18.2 Å². The zero-order valence-corrected chi connectivity index (χ0v) is 16.2. The Bertz CT molecular complexity index is 762. The molecule has 8 nitrogen and oxygen atoms in total. The molecule has 1 fully saturated rings. The lowest BCUT2D eigenvalue weighted by atomic mass is 10.0. The van der Waals surface area contributed by atoms with E-state index in [0.29, 0.717) is 19.4 Å². The molecule has 0 aliphatic carbocycles. The van der Waals surface area contributed by atoms with Crippen LogP contribution in [0.1, 0.15) is 39.2 Å². The molecule has 0 spiro atoms. The highest BCUT2D eigenvalue weighted by Gasteiger charge is 2.37. The van der Waals surface area contributed by atoms with Crippen molar-refractivity contribution >= 4 is 17.9 Å². The summed E-state index contributed by atoms with van der Waals surface area (Å²) in [5.74, 6) is -2.13. The maximum absolute atomic E-state index is 14.2. The summed E-state index contributed by atoms with van der Waals surface area (Å²) in [6.45, 7) is 5.34. The second-order valence-corrected chi connectivity index (χ2v) is 7.77. The van der Waals surface area contributed by atoms with E-state index in [1.54, 1.807) is 20.8 Å². The van der Waals surface area contributed by atoms with Crippen LogP contribution in [0.5, 0.6) is 5.75 Å². The molecule has 1 aliphatic heterocycles. The predicted octanol–water partition coefficient (Wildman–Crippen LogP) is 1.44. The summed E-state index contributed by atoms with van der Waals surface area (Å²) in [5.41, 5.74) is 4.71. The number of ether oxygens (including phenoxy) is 1. The van der Waals surface area contributed by atoms with Crippen molar-refractivity contribution in [1.82, 2.24) is 10.2 Å². The van der Waals surface area contributed by atoms with Gasteiger partial charge in [-0.3, -0.25) is 9.59 Å². The molecule has 0 radical (unpaired) electrons. The number of alkyl carbamates (subject to hydrolysis) is 1. The number of phenolic OH excluding ortho intramolecular Hbond substituents is 1. The topological polar surface area (TPSA) is 122 Å². The average Bonchev–Trinajstić information content (AvgIpc) is 3.04. The number of hydrogen-bond donors (Lipinski definition) is 3. The fourth-order valence-electron chi connectivity index (χ4n) is 3.10. The third kappa shape index (κ3) is 5.58. The summed E-state index contributed by atoms with van der Waals surface area (Å²) in [5, 5.41) is 11.8. The van der Waals surface area contributed by atoms with Crippen LogP contribution in [0, 0.1) is 5.82 Å². The van der Waals surface area contributed by atoms with E-state index in [-0.39, 0.29) is 17.7 Å². The highest BCUT2D eigenvalue weighted by atomic mass is 19.1. The van der Waals surface area contributed by atoms with Gasteiger partial charge in [-0.05, 0) is 45.2 Å². The lowest BCUT2D eigenvalue weighted by Crippen LogP contribution is -2.54. The van der Waals surface area contributed by atoms with Crippen LogP contribution < -0.4 is 11.1 Å². The molecule has 1 aliphatic rings. The summed E-state index contributed by atoms with van der Waals surface area (Å²) >= 11 is 0. The summed E-state index contributed by atoms with van der Waals surface area (Å²) in [4.78, 5) is 38.2. The van der Waals surface area contributed by atoms with Crippen LogP contribution in [-0.2, 0) is 20.7 Å². The predicted molar refractivity (Wildman–Crippen MR) is 98.9 cm³/mol. The van der Waals surface area contributed by atoms with Crippen molar-refractivity contribution in [1.29, 1.82) is 0 Å². The molecular weight excluding hydrogens is 369 g/mol.